The lowest BCUT2D eigenvalue weighted by Crippen LogP contribution is -2.35. The summed E-state index contributed by atoms with van der Waals surface area (Å²) in [6.45, 7) is 6.56. The van der Waals surface area contributed by atoms with Crippen LogP contribution < -0.4 is 5.32 Å². The van der Waals surface area contributed by atoms with Crippen molar-refractivity contribution in [1.29, 1.82) is 0 Å². The van der Waals surface area contributed by atoms with E-state index in [-0.39, 0.29) is 12.5 Å². The zero-order valence-corrected chi connectivity index (χ0v) is 16.4. The Balaban J connectivity index is 1.59. The second kappa shape index (κ2) is 7.78. The zero-order valence-electron chi connectivity index (χ0n) is 16.4. The van der Waals surface area contributed by atoms with E-state index in [1.807, 2.05) is 24.3 Å². The summed E-state index contributed by atoms with van der Waals surface area (Å²) in [6, 6.07) is 14.5. The summed E-state index contributed by atoms with van der Waals surface area (Å²) in [5.74, 6) is 0.567. The predicted molar refractivity (Wildman–Crippen MR) is 111 cm³/mol. The van der Waals surface area contributed by atoms with Crippen molar-refractivity contribution in [3.8, 4) is 0 Å². The molecule has 2 heterocycles. The molecule has 0 unspecified atom stereocenters. The molecule has 0 bridgehead atoms. The molecule has 5 heteroatoms. The highest BCUT2D eigenvalue weighted by molar-refractivity contribution is 6.36. The number of fused-ring (bicyclic) bond motifs is 2. The van der Waals surface area contributed by atoms with Gasteiger partial charge in [0, 0.05) is 41.5 Å². The van der Waals surface area contributed by atoms with Crippen LogP contribution in [0.5, 0.6) is 0 Å². The number of nitrogens with one attached hydrogen (secondary N) is 1. The van der Waals surface area contributed by atoms with Crippen molar-refractivity contribution in [2.45, 2.75) is 32.9 Å². The summed E-state index contributed by atoms with van der Waals surface area (Å²) in [5, 5.41) is 12.2. The Bertz CT molecular complexity index is 933. The van der Waals surface area contributed by atoms with Gasteiger partial charge in [-0.15, -0.1) is 0 Å². The fourth-order valence-corrected chi connectivity index (χ4v) is 3.95. The van der Waals surface area contributed by atoms with Crippen LogP contribution in [-0.4, -0.2) is 41.7 Å². The first kappa shape index (κ1) is 18.7. The monoisotopic (exact) mass is 378 g/mol. The molecule has 0 aromatic heterocycles. The number of carbonyl (C=O) groups is 1. The van der Waals surface area contributed by atoms with Crippen LogP contribution in [0.3, 0.4) is 0 Å². The zero-order chi connectivity index (χ0) is 19.7. The molecule has 2 aliphatic rings. The predicted octanol–water partition coefficient (Wildman–Crippen LogP) is 3.28. The van der Waals surface area contributed by atoms with Gasteiger partial charge in [0.25, 0.3) is 5.91 Å². The van der Waals surface area contributed by atoms with Crippen LogP contribution >= 0.6 is 0 Å². The Morgan fingerprint density at radius 1 is 1.14 bits per heavy atom. The van der Waals surface area contributed by atoms with Gasteiger partial charge in [0.2, 0.25) is 0 Å². The first-order chi connectivity index (χ1) is 13.6. The molecule has 0 aliphatic carbocycles. The van der Waals surface area contributed by atoms with Crippen molar-refractivity contribution < 1.29 is 14.6 Å². The maximum atomic E-state index is 12.5. The Morgan fingerprint density at radius 2 is 1.96 bits per heavy atom. The normalized spacial score (nSPS) is 17.7. The summed E-state index contributed by atoms with van der Waals surface area (Å²) < 4.78 is 5.97. The number of hydrogen-bond donors (Lipinski definition) is 2. The summed E-state index contributed by atoms with van der Waals surface area (Å²) in [7, 11) is 0. The maximum Gasteiger partial charge on any atom is 0.260 e. The summed E-state index contributed by atoms with van der Waals surface area (Å²) in [5.41, 5.74) is 5.72. The number of anilines is 1. The Morgan fingerprint density at radius 3 is 2.75 bits per heavy atom. The number of hydrogen-bond acceptors (Lipinski definition) is 4. The third-order valence-electron chi connectivity index (χ3n) is 5.49. The van der Waals surface area contributed by atoms with Gasteiger partial charge in [-0.25, -0.2) is 0 Å². The lowest BCUT2D eigenvalue weighted by molar-refractivity contribution is -0.110. The van der Waals surface area contributed by atoms with Gasteiger partial charge in [0.05, 0.1) is 12.2 Å². The van der Waals surface area contributed by atoms with E-state index in [1.165, 1.54) is 5.56 Å². The van der Waals surface area contributed by atoms with Crippen LogP contribution in [0, 0.1) is 0 Å². The third-order valence-corrected chi connectivity index (χ3v) is 5.49. The van der Waals surface area contributed by atoms with E-state index in [1.54, 1.807) is 0 Å². The molecule has 0 atom stereocenters. The number of ether oxygens (including phenoxy) is 1. The fourth-order valence-electron chi connectivity index (χ4n) is 3.95. The molecule has 2 aliphatic heterocycles. The van der Waals surface area contributed by atoms with E-state index in [2.05, 4.69) is 42.3 Å². The minimum atomic E-state index is -0.107. The van der Waals surface area contributed by atoms with Crippen molar-refractivity contribution in [1.82, 2.24) is 4.90 Å². The van der Waals surface area contributed by atoms with E-state index in [0.29, 0.717) is 30.5 Å². The number of aliphatic hydroxyl groups is 1. The van der Waals surface area contributed by atoms with Gasteiger partial charge < -0.3 is 15.2 Å². The van der Waals surface area contributed by atoms with Crippen LogP contribution in [0.1, 0.15) is 36.1 Å². The number of benzene rings is 2. The first-order valence-electron chi connectivity index (χ1n) is 9.83. The summed E-state index contributed by atoms with van der Waals surface area (Å²) in [6.07, 6.45) is 0.917. The van der Waals surface area contributed by atoms with Gasteiger partial charge in [0.15, 0.2) is 0 Å². The van der Waals surface area contributed by atoms with Crippen LogP contribution in [0.4, 0.5) is 5.69 Å². The Hall–Kier alpha value is -2.63. The first-order valence-corrected chi connectivity index (χ1v) is 9.83. The van der Waals surface area contributed by atoms with Gasteiger partial charge in [-0.2, -0.15) is 0 Å². The molecular weight excluding hydrogens is 352 g/mol. The third kappa shape index (κ3) is 3.43. The number of para-hydroxylation sites is 1. The SMILES string of the molecule is CC(C)N(CCO)CCc1ccc2c(c1)COC2=C1C(=O)Nc2ccccc21. The van der Waals surface area contributed by atoms with E-state index in [0.717, 1.165) is 35.3 Å². The average Bonchev–Trinajstić information content (AvgIpc) is 3.23. The van der Waals surface area contributed by atoms with Crippen LogP contribution in [-0.2, 0) is 22.6 Å². The minimum absolute atomic E-state index is 0.107. The molecule has 0 spiro atoms. The number of amides is 1. The van der Waals surface area contributed by atoms with Gasteiger partial charge in [-0.05, 0) is 31.9 Å². The second-order valence-electron chi connectivity index (χ2n) is 7.59. The van der Waals surface area contributed by atoms with Crippen molar-refractivity contribution >= 4 is 22.9 Å². The highest BCUT2D eigenvalue weighted by Crippen LogP contribution is 2.41. The van der Waals surface area contributed by atoms with Crippen molar-refractivity contribution in [3.63, 3.8) is 0 Å². The van der Waals surface area contributed by atoms with Crippen LogP contribution in [0.2, 0.25) is 0 Å². The molecular formula is C23H26N2O3. The van der Waals surface area contributed by atoms with Gasteiger partial charge in [-0.1, -0.05) is 36.4 Å². The molecule has 5 nitrogen and oxygen atoms in total. The molecule has 0 radical (unpaired) electrons. The van der Waals surface area contributed by atoms with Gasteiger partial charge in [-0.3, -0.25) is 9.69 Å². The van der Waals surface area contributed by atoms with E-state index in [9.17, 15) is 9.90 Å². The smallest absolute Gasteiger partial charge is 0.260 e. The second-order valence-corrected chi connectivity index (χ2v) is 7.59. The largest absolute Gasteiger partial charge is 0.487 e. The van der Waals surface area contributed by atoms with Crippen LogP contribution in [0.25, 0.3) is 11.3 Å². The molecule has 0 saturated carbocycles. The average molecular weight is 378 g/mol. The number of aliphatic hydroxyl groups excluding tert-OH is 1. The molecule has 28 heavy (non-hydrogen) atoms. The van der Waals surface area contributed by atoms with Crippen LogP contribution in [0.15, 0.2) is 42.5 Å². The molecule has 146 valence electrons. The van der Waals surface area contributed by atoms with Crippen molar-refractivity contribution in [3.05, 3.63) is 64.7 Å². The fraction of sp³-hybridized carbons (Fsp3) is 0.348. The number of rotatable bonds is 6. The van der Waals surface area contributed by atoms with Gasteiger partial charge in [0.1, 0.15) is 12.4 Å². The van der Waals surface area contributed by atoms with Crippen molar-refractivity contribution in [2.24, 2.45) is 0 Å². The lowest BCUT2D eigenvalue weighted by atomic mass is 9.98. The summed E-state index contributed by atoms with van der Waals surface area (Å²) in [4.78, 5) is 14.8. The lowest BCUT2D eigenvalue weighted by Gasteiger charge is -2.25. The Kier molecular flexibility index (Phi) is 5.20. The molecule has 4 rings (SSSR count). The topological polar surface area (TPSA) is 61.8 Å². The molecule has 2 aromatic rings. The highest BCUT2D eigenvalue weighted by atomic mass is 16.5. The standard InChI is InChI=1S/C23H26N2O3/c1-15(2)25(11-12-26)10-9-16-7-8-18-17(13-16)14-28-22(18)21-19-5-3-4-6-20(19)24-23(21)27/h3-8,13,15,26H,9-12,14H2,1-2H3,(H,24,27). The van der Waals surface area contributed by atoms with Crippen molar-refractivity contribution in [2.75, 3.05) is 25.0 Å². The molecule has 2 N–H and O–H groups in total. The molecule has 0 saturated heterocycles. The maximum absolute atomic E-state index is 12.5. The molecule has 0 fully saturated rings. The molecule has 1 amide bonds. The minimum Gasteiger partial charge on any atom is -0.487 e. The van der Waals surface area contributed by atoms with E-state index < -0.39 is 0 Å². The summed E-state index contributed by atoms with van der Waals surface area (Å²) >= 11 is 0. The quantitative estimate of drug-likeness (QED) is 0.758. The van der Waals surface area contributed by atoms with E-state index in [4.69, 9.17) is 4.74 Å². The Labute approximate surface area is 165 Å². The molecule has 2 aromatic carbocycles. The number of carbonyl (C=O) groups excluding carboxylic acids is 1. The number of nitrogens with zero attached hydrogens (tertiary/aromatic N) is 1. The highest BCUT2D eigenvalue weighted by Gasteiger charge is 2.32. The van der Waals surface area contributed by atoms with Gasteiger partial charge >= 0.3 is 0 Å². The van der Waals surface area contributed by atoms with E-state index >= 15 is 0 Å².